The van der Waals surface area contributed by atoms with Gasteiger partial charge in [0.05, 0.1) is 30.7 Å². The molecule has 0 saturated heterocycles. The molecule has 1 aliphatic carbocycles. The smallest absolute Gasteiger partial charge is 0.119 e. The maximum atomic E-state index is 5.71. The lowest BCUT2D eigenvalue weighted by atomic mass is 9.73. The minimum atomic E-state index is 0.162. The van der Waals surface area contributed by atoms with E-state index in [4.69, 9.17) is 14.6 Å². The van der Waals surface area contributed by atoms with Crippen LogP contribution >= 0.6 is 0 Å². The Kier molecular flexibility index (Phi) is 6.89. The first-order valence-corrected chi connectivity index (χ1v) is 12.8. The summed E-state index contributed by atoms with van der Waals surface area (Å²) in [5, 5.41) is 7.52. The Morgan fingerprint density at radius 2 is 1.49 bits per heavy atom. The Morgan fingerprint density at radius 3 is 2.11 bits per heavy atom. The normalized spacial score (nSPS) is 22.6. The van der Waals surface area contributed by atoms with Gasteiger partial charge in [0.25, 0.3) is 0 Å². The van der Waals surface area contributed by atoms with Crippen LogP contribution in [0.2, 0.25) is 0 Å². The first-order chi connectivity index (χ1) is 17.2. The molecule has 1 saturated carbocycles. The molecule has 35 heavy (non-hydrogen) atoms. The number of fused-ring (bicyclic) bond motifs is 1. The van der Waals surface area contributed by atoms with Gasteiger partial charge in [0.2, 0.25) is 0 Å². The Labute approximate surface area is 208 Å². The summed E-state index contributed by atoms with van der Waals surface area (Å²) in [6.45, 7) is 7.74. The summed E-state index contributed by atoms with van der Waals surface area (Å²) in [5.41, 5.74) is 6.15. The molecule has 0 spiro atoms. The number of hydrazone groups is 1. The monoisotopic (exact) mass is 466 g/mol. The molecular weight excluding hydrogens is 432 g/mol. The minimum Gasteiger partial charge on any atom is -0.494 e. The van der Waals surface area contributed by atoms with Gasteiger partial charge in [-0.2, -0.15) is 5.10 Å². The second kappa shape index (κ2) is 10.4. The predicted octanol–water partition coefficient (Wildman–Crippen LogP) is 7.53. The molecule has 3 unspecified atom stereocenters. The maximum Gasteiger partial charge on any atom is 0.119 e. The standard InChI is InChI=1S/C31H34N2O2/c1-4-34-27-15-11-23(12-16-27)21-25-19-22(3)20-29-30(25)32-33(26-9-7-6-8-10-26)31(29)24-13-17-28(18-14-24)35-5-2/h6-18,21-22,29,31H,4-5,19-20H2,1-3H3/b25-21-. The van der Waals surface area contributed by atoms with Crippen molar-refractivity contribution in [1.29, 1.82) is 0 Å². The third-order valence-corrected chi connectivity index (χ3v) is 6.85. The van der Waals surface area contributed by atoms with E-state index in [9.17, 15) is 0 Å². The van der Waals surface area contributed by atoms with E-state index in [-0.39, 0.29) is 6.04 Å². The van der Waals surface area contributed by atoms with Crippen molar-refractivity contribution in [2.24, 2.45) is 16.9 Å². The molecular formula is C31H34N2O2. The number of rotatable bonds is 7. The van der Waals surface area contributed by atoms with E-state index in [1.807, 2.05) is 13.8 Å². The van der Waals surface area contributed by atoms with Crippen molar-refractivity contribution in [3.05, 3.63) is 95.6 Å². The Morgan fingerprint density at radius 1 is 0.857 bits per heavy atom. The number of nitrogens with zero attached hydrogens (tertiary/aromatic N) is 2. The molecule has 0 bridgehead atoms. The molecule has 4 heteroatoms. The molecule has 1 heterocycles. The number of allylic oxidation sites excluding steroid dienone is 1. The Balaban J connectivity index is 1.53. The molecule has 1 aliphatic heterocycles. The third-order valence-electron chi connectivity index (χ3n) is 6.85. The van der Waals surface area contributed by atoms with E-state index in [1.54, 1.807) is 0 Å². The largest absolute Gasteiger partial charge is 0.494 e. The number of anilines is 1. The van der Waals surface area contributed by atoms with Crippen molar-refractivity contribution in [3.8, 4) is 11.5 Å². The van der Waals surface area contributed by atoms with E-state index < -0.39 is 0 Å². The lowest BCUT2D eigenvalue weighted by Crippen LogP contribution is -2.30. The summed E-state index contributed by atoms with van der Waals surface area (Å²) >= 11 is 0. The van der Waals surface area contributed by atoms with Crippen molar-refractivity contribution < 1.29 is 9.47 Å². The number of hydrogen-bond donors (Lipinski definition) is 0. The molecule has 0 aromatic heterocycles. The second-order valence-electron chi connectivity index (χ2n) is 9.44. The Hall–Kier alpha value is -3.53. The average Bonchev–Trinajstić information content (AvgIpc) is 3.26. The molecule has 4 nitrogen and oxygen atoms in total. The molecule has 180 valence electrons. The number of hydrogen-bond acceptors (Lipinski definition) is 4. The molecule has 1 fully saturated rings. The molecule has 3 atom stereocenters. The van der Waals surface area contributed by atoms with E-state index in [1.165, 1.54) is 22.4 Å². The van der Waals surface area contributed by atoms with Crippen LogP contribution in [0.1, 0.15) is 50.8 Å². The zero-order chi connectivity index (χ0) is 24.2. The van der Waals surface area contributed by atoms with Crippen molar-refractivity contribution in [3.63, 3.8) is 0 Å². The van der Waals surface area contributed by atoms with Gasteiger partial charge in [-0.3, -0.25) is 5.01 Å². The van der Waals surface area contributed by atoms with Gasteiger partial charge < -0.3 is 9.47 Å². The molecule has 0 N–H and O–H groups in total. The molecule has 2 aliphatic rings. The fourth-order valence-corrected chi connectivity index (χ4v) is 5.37. The maximum absolute atomic E-state index is 5.71. The lowest BCUT2D eigenvalue weighted by Gasteiger charge is -2.33. The molecule has 3 aromatic carbocycles. The van der Waals surface area contributed by atoms with Crippen LogP contribution in [0.15, 0.2) is 89.5 Å². The summed E-state index contributed by atoms with van der Waals surface area (Å²) in [5.74, 6) is 2.75. The van der Waals surface area contributed by atoms with Crippen LogP contribution in [0.4, 0.5) is 5.69 Å². The van der Waals surface area contributed by atoms with Gasteiger partial charge in [0.15, 0.2) is 0 Å². The van der Waals surface area contributed by atoms with Crippen LogP contribution in [-0.2, 0) is 0 Å². The molecule has 3 aromatic rings. The van der Waals surface area contributed by atoms with Crippen molar-refractivity contribution in [2.75, 3.05) is 18.2 Å². The second-order valence-corrected chi connectivity index (χ2v) is 9.44. The van der Waals surface area contributed by atoms with E-state index in [0.717, 1.165) is 30.0 Å². The lowest BCUT2D eigenvalue weighted by molar-refractivity contribution is 0.339. The van der Waals surface area contributed by atoms with Crippen LogP contribution in [0.25, 0.3) is 6.08 Å². The van der Waals surface area contributed by atoms with Gasteiger partial charge in [-0.15, -0.1) is 0 Å². The fraction of sp³-hybridized carbons (Fsp3) is 0.323. The van der Waals surface area contributed by atoms with Crippen molar-refractivity contribution in [2.45, 2.75) is 39.7 Å². The highest BCUT2D eigenvalue weighted by atomic mass is 16.5. The topological polar surface area (TPSA) is 34.1 Å². The fourth-order valence-electron chi connectivity index (χ4n) is 5.37. The average molecular weight is 467 g/mol. The number of para-hydroxylation sites is 1. The van der Waals surface area contributed by atoms with Crippen molar-refractivity contribution in [1.82, 2.24) is 0 Å². The van der Waals surface area contributed by atoms with Crippen LogP contribution in [0, 0.1) is 11.8 Å². The number of ether oxygens (including phenoxy) is 2. The van der Waals surface area contributed by atoms with Gasteiger partial charge in [-0.1, -0.05) is 49.4 Å². The van der Waals surface area contributed by atoms with Crippen LogP contribution in [-0.4, -0.2) is 18.9 Å². The van der Waals surface area contributed by atoms with E-state index >= 15 is 0 Å². The third kappa shape index (κ3) is 4.97. The summed E-state index contributed by atoms with van der Waals surface area (Å²) in [6, 6.07) is 27.7. The predicted molar refractivity (Wildman–Crippen MR) is 144 cm³/mol. The van der Waals surface area contributed by atoms with Gasteiger partial charge >= 0.3 is 0 Å². The van der Waals surface area contributed by atoms with Crippen LogP contribution in [0.3, 0.4) is 0 Å². The summed E-state index contributed by atoms with van der Waals surface area (Å²) in [6.07, 6.45) is 4.49. The zero-order valence-electron chi connectivity index (χ0n) is 20.9. The van der Waals surface area contributed by atoms with Gasteiger partial charge in [0, 0.05) is 5.92 Å². The molecule has 5 rings (SSSR count). The van der Waals surface area contributed by atoms with Gasteiger partial charge in [0.1, 0.15) is 11.5 Å². The number of benzene rings is 3. The highest BCUT2D eigenvalue weighted by Gasteiger charge is 2.43. The highest BCUT2D eigenvalue weighted by molar-refractivity contribution is 6.08. The summed E-state index contributed by atoms with van der Waals surface area (Å²) in [4.78, 5) is 0. The zero-order valence-corrected chi connectivity index (χ0v) is 20.9. The molecule has 0 amide bonds. The first-order valence-electron chi connectivity index (χ1n) is 12.8. The van der Waals surface area contributed by atoms with E-state index in [2.05, 4.69) is 96.9 Å². The van der Waals surface area contributed by atoms with Crippen LogP contribution in [0.5, 0.6) is 11.5 Å². The van der Waals surface area contributed by atoms with Gasteiger partial charge in [-0.25, -0.2) is 0 Å². The quantitative estimate of drug-likeness (QED) is 0.361. The first kappa shape index (κ1) is 23.2. The Bertz CT molecular complexity index is 1180. The van der Waals surface area contributed by atoms with Crippen LogP contribution < -0.4 is 14.5 Å². The summed E-state index contributed by atoms with van der Waals surface area (Å²) in [7, 11) is 0. The molecule has 0 radical (unpaired) electrons. The SMILES string of the molecule is CCOc1ccc(/C=C2/CC(C)CC3C2=NN(c2ccccc2)C3c2ccc(OCC)cc2)cc1. The summed E-state index contributed by atoms with van der Waals surface area (Å²) < 4.78 is 11.3. The van der Waals surface area contributed by atoms with Crippen molar-refractivity contribution >= 4 is 17.5 Å². The van der Waals surface area contributed by atoms with Gasteiger partial charge in [-0.05, 0) is 91.8 Å². The van der Waals surface area contributed by atoms with E-state index in [0.29, 0.717) is 25.0 Å². The highest BCUT2D eigenvalue weighted by Crippen LogP contribution is 2.47. The minimum absolute atomic E-state index is 0.162.